The van der Waals surface area contributed by atoms with Crippen molar-refractivity contribution in [2.24, 2.45) is 0 Å². The van der Waals surface area contributed by atoms with Crippen molar-refractivity contribution in [2.45, 2.75) is 19.1 Å². The van der Waals surface area contributed by atoms with E-state index in [9.17, 15) is 13.2 Å². The average Bonchev–Trinajstić information content (AvgIpc) is 2.98. The van der Waals surface area contributed by atoms with Crippen LogP contribution in [0.25, 0.3) is 28.0 Å². The van der Waals surface area contributed by atoms with Gasteiger partial charge in [-0.2, -0.15) is 13.2 Å². The van der Waals surface area contributed by atoms with Gasteiger partial charge in [-0.05, 0) is 42.8 Å². The van der Waals surface area contributed by atoms with E-state index in [0.29, 0.717) is 12.2 Å². The van der Waals surface area contributed by atoms with Crippen molar-refractivity contribution in [2.75, 3.05) is 26.2 Å². The number of alkyl halides is 3. The number of rotatable bonds is 4. The number of fused-ring (bicyclic) bond motifs is 1. The minimum Gasteiger partial charge on any atom is -0.315 e. The third-order valence-electron chi connectivity index (χ3n) is 6.12. The fraction of sp³-hybridized carbons (Fsp3) is 0.269. The van der Waals surface area contributed by atoms with Gasteiger partial charge < -0.3 is 9.72 Å². The van der Waals surface area contributed by atoms with Gasteiger partial charge in [-0.1, -0.05) is 54.6 Å². The Morgan fingerprint density at radius 3 is 2.30 bits per heavy atom. The predicted molar refractivity (Wildman–Crippen MR) is 124 cm³/mol. The van der Waals surface area contributed by atoms with Gasteiger partial charge in [-0.3, -0.25) is 4.90 Å². The van der Waals surface area contributed by atoms with Crippen LogP contribution in [-0.2, 0) is 12.7 Å². The van der Waals surface area contributed by atoms with Gasteiger partial charge in [-0.25, -0.2) is 4.98 Å². The van der Waals surface area contributed by atoms with Crippen molar-refractivity contribution >= 4 is 5.65 Å². The summed E-state index contributed by atoms with van der Waals surface area (Å²) in [6.45, 7) is 4.10. The highest BCUT2D eigenvalue weighted by Crippen LogP contribution is 2.33. The Balaban J connectivity index is 1.58. The Morgan fingerprint density at radius 2 is 1.55 bits per heavy atom. The summed E-state index contributed by atoms with van der Waals surface area (Å²) in [4.78, 5) is 7.03. The number of halogens is 3. The summed E-state index contributed by atoms with van der Waals surface area (Å²) in [7, 11) is 0. The van der Waals surface area contributed by atoms with Gasteiger partial charge in [-0.15, -0.1) is 0 Å². The zero-order valence-electron chi connectivity index (χ0n) is 18.1. The zero-order chi connectivity index (χ0) is 22.8. The molecule has 33 heavy (non-hydrogen) atoms. The normalized spacial score (nSPS) is 15.6. The Labute approximate surface area is 190 Å². The first-order valence-electron chi connectivity index (χ1n) is 11.2. The summed E-state index contributed by atoms with van der Waals surface area (Å²) in [6, 6.07) is 20.7. The second kappa shape index (κ2) is 9.00. The third kappa shape index (κ3) is 4.65. The summed E-state index contributed by atoms with van der Waals surface area (Å²) < 4.78 is 41.9. The maximum atomic E-state index is 13.4. The fourth-order valence-corrected chi connectivity index (χ4v) is 4.37. The van der Waals surface area contributed by atoms with E-state index in [1.54, 1.807) is 4.40 Å². The van der Waals surface area contributed by atoms with Crippen molar-refractivity contribution in [1.82, 2.24) is 19.6 Å². The van der Waals surface area contributed by atoms with E-state index in [1.165, 1.54) is 12.3 Å². The number of pyridine rings is 1. The van der Waals surface area contributed by atoms with Crippen LogP contribution in [0.15, 0.2) is 72.9 Å². The molecule has 170 valence electrons. The molecule has 4 nitrogen and oxygen atoms in total. The van der Waals surface area contributed by atoms with E-state index in [0.717, 1.165) is 66.7 Å². The number of nitrogens with one attached hydrogen (secondary N) is 1. The largest absolute Gasteiger partial charge is 0.417 e. The van der Waals surface area contributed by atoms with E-state index >= 15 is 0 Å². The minimum atomic E-state index is -4.40. The monoisotopic (exact) mass is 450 g/mol. The molecular weight excluding hydrogens is 425 g/mol. The second-order valence-electron chi connectivity index (χ2n) is 8.37. The highest BCUT2D eigenvalue weighted by molar-refractivity contribution is 5.71. The lowest BCUT2D eigenvalue weighted by molar-refractivity contribution is -0.137. The van der Waals surface area contributed by atoms with Gasteiger partial charge in [0.05, 0.1) is 17.0 Å². The molecule has 0 bridgehead atoms. The summed E-state index contributed by atoms with van der Waals surface area (Å²) in [5, 5.41) is 3.38. The van der Waals surface area contributed by atoms with Crippen LogP contribution >= 0.6 is 0 Å². The van der Waals surface area contributed by atoms with Crippen molar-refractivity contribution in [1.29, 1.82) is 0 Å². The Hall–Kier alpha value is -3.16. The van der Waals surface area contributed by atoms with E-state index in [2.05, 4.69) is 22.3 Å². The van der Waals surface area contributed by atoms with Crippen LogP contribution in [0.4, 0.5) is 13.2 Å². The van der Waals surface area contributed by atoms with E-state index in [4.69, 9.17) is 4.98 Å². The molecule has 1 saturated heterocycles. The van der Waals surface area contributed by atoms with Crippen LogP contribution in [0.1, 0.15) is 17.7 Å². The molecule has 0 amide bonds. The van der Waals surface area contributed by atoms with Crippen LogP contribution in [0.2, 0.25) is 0 Å². The molecule has 1 fully saturated rings. The molecule has 0 atom stereocenters. The van der Waals surface area contributed by atoms with E-state index in [1.807, 2.05) is 42.5 Å². The first kappa shape index (κ1) is 21.7. The quantitative estimate of drug-likeness (QED) is 0.447. The Morgan fingerprint density at radius 1 is 0.818 bits per heavy atom. The van der Waals surface area contributed by atoms with Gasteiger partial charge in [0.15, 0.2) is 0 Å². The van der Waals surface area contributed by atoms with E-state index in [-0.39, 0.29) is 0 Å². The van der Waals surface area contributed by atoms with Gasteiger partial charge in [0.2, 0.25) is 0 Å². The summed E-state index contributed by atoms with van der Waals surface area (Å²) in [6.07, 6.45) is -2.22. The molecule has 7 heteroatoms. The molecular formula is C26H25F3N4. The molecule has 2 aromatic heterocycles. The standard InChI is InChI=1S/C26H25F3N4/c27-26(28,29)22-11-12-24-31-25(21-9-7-20(8-10-21)19-5-2-1-3-6-19)23(33(24)17-22)18-32-15-4-13-30-14-16-32/h1-3,5-12,17,30H,4,13-16,18H2. The number of hydrogen-bond donors (Lipinski definition) is 1. The molecule has 0 radical (unpaired) electrons. The number of benzene rings is 2. The fourth-order valence-electron chi connectivity index (χ4n) is 4.37. The minimum absolute atomic E-state index is 0.521. The van der Waals surface area contributed by atoms with Gasteiger partial charge in [0.25, 0.3) is 0 Å². The van der Waals surface area contributed by atoms with Crippen LogP contribution in [0.3, 0.4) is 0 Å². The molecule has 0 saturated carbocycles. The first-order chi connectivity index (χ1) is 16.0. The zero-order valence-corrected chi connectivity index (χ0v) is 18.1. The summed E-state index contributed by atoms with van der Waals surface area (Å²) in [5.74, 6) is 0. The molecule has 1 N–H and O–H groups in total. The van der Waals surface area contributed by atoms with Crippen LogP contribution < -0.4 is 5.32 Å². The molecule has 0 aliphatic carbocycles. The molecule has 0 spiro atoms. The smallest absolute Gasteiger partial charge is 0.315 e. The maximum absolute atomic E-state index is 13.4. The van der Waals surface area contributed by atoms with Crippen LogP contribution in [-0.4, -0.2) is 40.5 Å². The van der Waals surface area contributed by atoms with Gasteiger partial charge in [0.1, 0.15) is 5.65 Å². The number of imidazole rings is 1. The topological polar surface area (TPSA) is 32.6 Å². The lowest BCUT2D eigenvalue weighted by Crippen LogP contribution is -2.28. The van der Waals surface area contributed by atoms with Crippen molar-refractivity contribution < 1.29 is 13.2 Å². The summed E-state index contributed by atoms with van der Waals surface area (Å²) in [5.41, 5.74) is 4.46. The maximum Gasteiger partial charge on any atom is 0.417 e. The molecule has 3 heterocycles. The third-order valence-corrected chi connectivity index (χ3v) is 6.12. The molecule has 0 unspecified atom stereocenters. The van der Waals surface area contributed by atoms with Gasteiger partial charge in [0, 0.05) is 31.4 Å². The van der Waals surface area contributed by atoms with Crippen LogP contribution in [0.5, 0.6) is 0 Å². The summed E-state index contributed by atoms with van der Waals surface area (Å²) >= 11 is 0. The van der Waals surface area contributed by atoms with Gasteiger partial charge >= 0.3 is 6.18 Å². The van der Waals surface area contributed by atoms with Crippen molar-refractivity contribution in [3.05, 3.63) is 84.2 Å². The predicted octanol–water partition coefficient (Wildman–Crippen LogP) is 5.48. The molecule has 1 aliphatic heterocycles. The highest BCUT2D eigenvalue weighted by Gasteiger charge is 2.31. The van der Waals surface area contributed by atoms with Crippen molar-refractivity contribution in [3.8, 4) is 22.4 Å². The number of aromatic nitrogens is 2. The number of nitrogens with zero attached hydrogens (tertiary/aromatic N) is 3. The SMILES string of the molecule is FC(F)(F)c1ccc2nc(-c3ccc(-c4ccccc4)cc3)c(CN3CCCNCC3)n2c1. The van der Waals surface area contributed by atoms with E-state index < -0.39 is 11.7 Å². The lowest BCUT2D eigenvalue weighted by atomic mass is 10.0. The Kier molecular flexibility index (Phi) is 5.91. The first-order valence-corrected chi connectivity index (χ1v) is 11.2. The average molecular weight is 451 g/mol. The molecule has 5 rings (SSSR count). The van der Waals surface area contributed by atoms with Crippen molar-refractivity contribution in [3.63, 3.8) is 0 Å². The highest BCUT2D eigenvalue weighted by atomic mass is 19.4. The lowest BCUT2D eigenvalue weighted by Gasteiger charge is -2.20. The Bertz CT molecular complexity index is 1220. The number of hydrogen-bond acceptors (Lipinski definition) is 3. The molecule has 4 aromatic rings. The molecule has 2 aromatic carbocycles. The molecule has 1 aliphatic rings. The van der Waals surface area contributed by atoms with Crippen LogP contribution in [0, 0.1) is 0 Å². The second-order valence-corrected chi connectivity index (χ2v) is 8.37.